The predicted octanol–water partition coefficient (Wildman–Crippen LogP) is 3.08. The molecule has 2 rings (SSSR count). The maximum Gasteiger partial charge on any atom is 0.123 e. The van der Waals surface area contributed by atoms with Crippen molar-refractivity contribution in [1.29, 1.82) is 0 Å². The average Bonchev–Trinajstić information content (AvgIpc) is 2.48. The Morgan fingerprint density at radius 2 is 1.90 bits per heavy atom. The first kappa shape index (κ1) is 15.5. The highest BCUT2D eigenvalue weighted by Gasteiger charge is 2.18. The minimum absolute atomic E-state index is 0.156. The predicted molar refractivity (Wildman–Crippen MR) is 82.4 cm³/mol. The van der Waals surface area contributed by atoms with E-state index < -0.39 is 0 Å². The molecule has 1 aliphatic heterocycles. The van der Waals surface area contributed by atoms with E-state index in [-0.39, 0.29) is 5.82 Å². The molecule has 1 N–H and O–H groups in total. The molecule has 0 saturated carbocycles. The van der Waals surface area contributed by atoms with Crippen LogP contribution in [0.3, 0.4) is 0 Å². The summed E-state index contributed by atoms with van der Waals surface area (Å²) in [6.07, 6.45) is 3.59. The number of nitrogens with one attached hydrogen (secondary N) is 1. The Hall–Kier alpha value is -0.930. The van der Waals surface area contributed by atoms with E-state index in [2.05, 4.69) is 24.1 Å². The third-order valence-corrected chi connectivity index (χ3v) is 4.36. The van der Waals surface area contributed by atoms with Gasteiger partial charge in [0.2, 0.25) is 0 Å². The molecule has 20 heavy (non-hydrogen) atoms. The van der Waals surface area contributed by atoms with E-state index in [1.807, 2.05) is 12.1 Å². The molecule has 1 saturated heterocycles. The van der Waals surface area contributed by atoms with Crippen LogP contribution in [0.2, 0.25) is 0 Å². The lowest BCUT2D eigenvalue weighted by atomic mass is 9.96. The van der Waals surface area contributed by atoms with Gasteiger partial charge in [0.15, 0.2) is 0 Å². The number of piperidine rings is 1. The molecule has 0 amide bonds. The largest absolute Gasteiger partial charge is 0.314 e. The zero-order valence-electron chi connectivity index (χ0n) is 12.7. The van der Waals surface area contributed by atoms with Crippen molar-refractivity contribution >= 4 is 0 Å². The van der Waals surface area contributed by atoms with Crippen molar-refractivity contribution in [3.05, 3.63) is 35.6 Å². The number of hydrogen-bond acceptors (Lipinski definition) is 2. The van der Waals surface area contributed by atoms with Gasteiger partial charge in [0.25, 0.3) is 0 Å². The van der Waals surface area contributed by atoms with E-state index in [9.17, 15) is 4.39 Å². The summed E-state index contributed by atoms with van der Waals surface area (Å²) in [7, 11) is 0. The minimum atomic E-state index is -0.156. The monoisotopic (exact) mass is 278 g/mol. The fraction of sp³-hybridized carbons (Fsp3) is 0.647. The van der Waals surface area contributed by atoms with Gasteiger partial charge in [0.1, 0.15) is 5.82 Å². The number of rotatable bonds is 6. The highest BCUT2D eigenvalue weighted by molar-refractivity contribution is 5.16. The third-order valence-electron chi connectivity index (χ3n) is 4.36. The molecular weight excluding hydrogens is 251 g/mol. The van der Waals surface area contributed by atoms with E-state index in [1.54, 1.807) is 12.1 Å². The normalized spacial score (nSPS) is 19.1. The molecule has 112 valence electrons. The van der Waals surface area contributed by atoms with Gasteiger partial charge in [-0.1, -0.05) is 19.1 Å². The summed E-state index contributed by atoms with van der Waals surface area (Å²) in [4.78, 5) is 2.53. The topological polar surface area (TPSA) is 15.3 Å². The van der Waals surface area contributed by atoms with Crippen LogP contribution in [0.25, 0.3) is 0 Å². The summed E-state index contributed by atoms with van der Waals surface area (Å²) in [5.74, 6) is 0.658. The van der Waals surface area contributed by atoms with Gasteiger partial charge >= 0.3 is 0 Å². The van der Waals surface area contributed by atoms with Gasteiger partial charge in [-0.25, -0.2) is 4.39 Å². The first-order chi connectivity index (χ1) is 9.67. The standard InChI is InChI=1S/C17H27FN2/c1-3-20-10-8-16(9-11-20)13-19-14(2)12-15-4-6-17(18)7-5-15/h4-7,14,16,19H,3,8-13H2,1-2H3. The highest BCUT2D eigenvalue weighted by atomic mass is 19.1. The lowest BCUT2D eigenvalue weighted by Crippen LogP contribution is -2.39. The summed E-state index contributed by atoms with van der Waals surface area (Å²) < 4.78 is 12.9. The van der Waals surface area contributed by atoms with Crippen molar-refractivity contribution in [1.82, 2.24) is 10.2 Å². The molecule has 0 aliphatic carbocycles. The summed E-state index contributed by atoms with van der Waals surface area (Å²) in [5.41, 5.74) is 1.20. The molecular formula is C17H27FN2. The quantitative estimate of drug-likeness (QED) is 0.860. The molecule has 1 aromatic rings. The first-order valence-corrected chi connectivity index (χ1v) is 7.87. The van der Waals surface area contributed by atoms with Crippen LogP contribution < -0.4 is 5.32 Å². The summed E-state index contributed by atoms with van der Waals surface area (Å²) in [6, 6.07) is 7.30. The van der Waals surface area contributed by atoms with Gasteiger partial charge in [-0.2, -0.15) is 0 Å². The van der Waals surface area contributed by atoms with Crippen LogP contribution in [0.15, 0.2) is 24.3 Å². The smallest absolute Gasteiger partial charge is 0.123 e. The van der Waals surface area contributed by atoms with Gasteiger partial charge in [-0.05, 0) is 76.0 Å². The summed E-state index contributed by atoms with van der Waals surface area (Å²) >= 11 is 0. The maximum absolute atomic E-state index is 12.9. The van der Waals surface area contributed by atoms with Gasteiger partial charge < -0.3 is 10.2 Å². The minimum Gasteiger partial charge on any atom is -0.314 e. The van der Waals surface area contributed by atoms with Crippen molar-refractivity contribution < 1.29 is 4.39 Å². The molecule has 0 spiro atoms. The Balaban J connectivity index is 1.67. The SMILES string of the molecule is CCN1CCC(CNC(C)Cc2ccc(F)cc2)CC1. The van der Waals surface area contributed by atoms with E-state index in [0.29, 0.717) is 6.04 Å². The van der Waals surface area contributed by atoms with Crippen molar-refractivity contribution in [2.24, 2.45) is 5.92 Å². The average molecular weight is 278 g/mol. The van der Waals surface area contributed by atoms with Gasteiger partial charge in [0, 0.05) is 6.04 Å². The van der Waals surface area contributed by atoms with Crippen LogP contribution in [0.5, 0.6) is 0 Å². The second kappa shape index (κ2) is 7.75. The highest BCUT2D eigenvalue weighted by Crippen LogP contribution is 2.16. The molecule has 1 heterocycles. The van der Waals surface area contributed by atoms with Crippen LogP contribution >= 0.6 is 0 Å². The van der Waals surface area contributed by atoms with Crippen molar-refractivity contribution in [3.63, 3.8) is 0 Å². The zero-order chi connectivity index (χ0) is 14.4. The van der Waals surface area contributed by atoms with E-state index in [0.717, 1.165) is 18.9 Å². The number of benzene rings is 1. The number of likely N-dealkylation sites (tertiary alicyclic amines) is 1. The fourth-order valence-electron chi connectivity index (χ4n) is 2.92. The van der Waals surface area contributed by atoms with E-state index in [4.69, 9.17) is 0 Å². The molecule has 1 aromatic carbocycles. The Kier molecular flexibility index (Phi) is 5.99. The summed E-state index contributed by atoms with van der Waals surface area (Å²) in [5, 5.41) is 3.64. The van der Waals surface area contributed by atoms with Crippen LogP contribution in [-0.4, -0.2) is 37.1 Å². The Morgan fingerprint density at radius 1 is 1.25 bits per heavy atom. The van der Waals surface area contributed by atoms with E-state index in [1.165, 1.54) is 38.0 Å². The van der Waals surface area contributed by atoms with Crippen LogP contribution in [0.1, 0.15) is 32.3 Å². The number of hydrogen-bond donors (Lipinski definition) is 1. The molecule has 2 nitrogen and oxygen atoms in total. The van der Waals surface area contributed by atoms with Gasteiger partial charge in [0.05, 0.1) is 0 Å². The second-order valence-corrected chi connectivity index (χ2v) is 6.02. The molecule has 1 unspecified atom stereocenters. The molecule has 0 radical (unpaired) electrons. The number of nitrogens with zero attached hydrogens (tertiary/aromatic N) is 1. The van der Waals surface area contributed by atoms with Crippen LogP contribution in [0, 0.1) is 11.7 Å². The summed E-state index contributed by atoms with van der Waals surface area (Å²) in [6.45, 7) is 9.24. The zero-order valence-corrected chi connectivity index (χ0v) is 12.7. The Bertz CT molecular complexity index is 382. The molecule has 1 aliphatic rings. The van der Waals surface area contributed by atoms with Gasteiger partial charge in [-0.3, -0.25) is 0 Å². The molecule has 0 aromatic heterocycles. The second-order valence-electron chi connectivity index (χ2n) is 6.02. The Labute approximate surface area is 122 Å². The fourth-order valence-corrected chi connectivity index (χ4v) is 2.92. The molecule has 1 atom stereocenters. The van der Waals surface area contributed by atoms with Crippen molar-refractivity contribution in [2.45, 2.75) is 39.2 Å². The first-order valence-electron chi connectivity index (χ1n) is 7.87. The third kappa shape index (κ3) is 4.88. The molecule has 1 fully saturated rings. The lowest BCUT2D eigenvalue weighted by Gasteiger charge is -2.31. The Morgan fingerprint density at radius 3 is 2.50 bits per heavy atom. The van der Waals surface area contributed by atoms with Gasteiger partial charge in [-0.15, -0.1) is 0 Å². The van der Waals surface area contributed by atoms with Crippen LogP contribution in [-0.2, 0) is 6.42 Å². The van der Waals surface area contributed by atoms with Crippen molar-refractivity contribution in [2.75, 3.05) is 26.2 Å². The maximum atomic E-state index is 12.9. The van der Waals surface area contributed by atoms with Crippen molar-refractivity contribution in [3.8, 4) is 0 Å². The molecule has 0 bridgehead atoms. The molecule has 3 heteroatoms. The lowest BCUT2D eigenvalue weighted by molar-refractivity contribution is 0.188. The van der Waals surface area contributed by atoms with E-state index >= 15 is 0 Å². The number of halogens is 1. The van der Waals surface area contributed by atoms with Crippen LogP contribution in [0.4, 0.5) is 4.39 Å².